The number of carbonyl (C=O) groups is 1. The summed E-state index contributed by atoms with van der Waals surface area (Å²) >= 11 is 0. The molecular formula is C12H13NO. The summed E-state index contributed by atoms with van der Waals surface area (Å²) in [6.07, 6.45) is 1.89. The Kier molecular flexibility index (Phi) is 1.71. The van der Waals surface area contributed by atoms with Crippen molar-refractivity contribution >= 4 is 5.78 Å². The fourth-order valence-corrected chi connectivity index (χ4v) is 2.50. The highest BCUT2D eigenvalue weighted by Crippen LogP contribution is 2.40. The van der Waals surface area contributed by atoms with E-state index >= 15 is 0 Å². The van der Waals surface area contributed by atoms with Crippen LogP contribution >= 0.6 is 0 Å². The van der Waals surface area contributed by atoms with E-state index in [9.17, 15) is 4.79 Å². The lowest BCUT2D eigenvalue weighted by molar-refractivity contribution is -0.118. The SMILES string of the molecule is O=C1CC[C@@H]2[C@H]1N2Cc1ccccc1. The summed E-state index contributed by atoms with van der Waals surface area (Å²) in [6.45, 7) is 0.946. The molecule has 0 bridgehead atoms. The van der Waals surface area contributed by atoms with Crippen LogP contribution in [-0.4, -0.2) is 22.8 Å². The Labute approximate surface area is 83.5 Å². The third-order valence-corrected chi connectivity index (χ3v) is 3.28. The summed E-state index contributed by atoms with van der Waals surface area (Å²) in [7, 11) is 0. The fraction of sp³-hybridized carbons (Fsp3) is 0.417. The van der Waals surface area contributed by atoms with Crippen molar-refractivity contribution in [3.8, 4) is 0 Å². The number of carbonyl (C=O) groups excluding carboxylic acids is 1. The second-order valence-electron chi connectivity index (χ2n) is 4.18. The predicted octanol–water partition coefficient (Wildman–Crippen LogP) is 1.60. The lowest BCUT2D eigenvalue weighted by Crippen LogP contribution is -2.12. The monoisotopic (exact) mass is 187 g/mol. The van der Waals surface area contributed by atoms with Gasteiger partial charge in [0.1, 0.15) is 0 Å². The van der Waals surface area contributed by atoms with E-state index in [1.165, 1.54) is 5.56 Å². The zero-order chi connectivity index (χ0) is 9.54. The molecule has 2 fully saturated rings. The Bertz CT molecular complexity index is 360. The summed E-state index contributed by atoms with van der Waals surface area (Å²) in [4.78, 5) is 13.7. The standard InChI is InChI=1S/C12H13NO/c14-11-7-6-10-12(11)13(10)8-9-4-2-1-3-5-9/h1-5,10,12H,6-8H2/t10-,12-,13?/m1/s1. The van der Waals surface area contributed by atoms with Crippen LogP contribution in [0, 0.1) is 0 Å². The maximum Gasteiger partial charge on any atom is 0.151 e. The molecule has 1 unspecified atom stereocenters. The van der Waals surface area contributed by atoms with E-state index in [1.807, 2.05) is 6.07 Å². The lowest BCUT2D eigenvalue weighted by Gasteiger charge is -2.06. The van der Waals surface area contributed by atoms with Crippen LogP contribution in [0.2, 0.25) is 0 Å². The molecule has 2 nitrogen and oxygen atoms in total. The molecule has 1 aromatic rings. The lowest BCUT2D eigenvalue weighted by atomic mass is 10.2. The second-order valence-corrected chi connectivity index (χ2v) is 4.18. The predicted molar refractivity (Wildman–Crippen MR) is 53.8 cm³/mol. The first-order chi connectivity index (χ1) is 6.86. The number of benzene rings is 1. The van der Waals surface area contributed by atoms with Crippen LogP contribution < -0.4 is 0 Å². The number of piperidine rings is 1. The van der Waals surface area contributed by atoms with Crippen molar-refractivity contribution < 1.29 is 4.79 Å². The van der Waals surface area contributed by atoms with Gasteiger partial charge in [0, 0.05) is 19.0 Å². The van der Waals surface area contributed by atoms with E-state index in [4.69, 9.17) is 0 Å². The maximum atomic E-state index is 11.4. The average molecular weight is 187 g/mol. The molecule has 1 saturated heterocycles. The van der Waals surface area contributed by atoms with Gasteiger partial charge >= 0.3 is 0 Å². The van der Waals surface area contributed by atoms with Crippen LogP contribution in [0.4, 0.5) is 0 Å². The molecule has 1 aliphatic carbocycles. The zero-order valence-electron chi connectivity index (χ0n) is 8.02. The van der Waals surface area contributed by atoms with E-state index in [2.05, 4.69) is 29.2 Å². The molecule has 72 valence electrons. The zero-order valence-corrected chi connectivity index (χ0v) is 8.02. The molecule has 0 spiro atoms. The number of ketones is 1. The molecule has 2 aliphatic rings. The summed E-state index contributed by atoms with van der Waals surface area (Å²) in [5, 5.41) is 0. The highest BCUT2D eigenvalue weighted by atomic mass is 16.1. The van der Waals surface area contributed by atoms with Crippen molar-refractivity contribution in [2.75, 3.05) is 0 Å². The van der Waals surface area contributed by atoms with Crippen molar-refractivity contribution in [1.82, 2.24) is 4.90 Å². The van der Waals surface area contributed by atoms with Gasteiger partial charge in [0.05, 0.1) is 6.04 Å². The smallest absolute Gasteiger partial charge is 0.151 e. The number of fused-ring (bicyclic) bond motifs is 1. The van der Waals surface area contributed by atoms with Crippen LogP contribution in [0.25, 0.3) is 0 Å². The highest BCUT2D eigenvalue weighted by Gasteiger charge is 2.55. The third-order valence-electron chi connectivity index (χ3n) is 3.28. The molecular weight excluding hydrogens is 174 g/mol. The molecule has 1 heterocycles. The summed E-state index contributed by atoms with van der Waals surface area (Å²) in [5.74, 6) is 0.450. The Morgan fingerprint density at radius 3 is 2.71 bits per heavy atom. The quantitative estimate of drug-likeness (QED) is 0.655. The van der Waals surface area contributed by atoms with E-state index in [0.29, 0.717) is 11.8 Å². The van der Waals surface area contributed by atoms with Crippen molar-refractivity contribution in [2.24, 2.45) is 0 Å². The van der Waals surface area contributed by atoms with Crippen LogP contribution in [-0.2, 0) is 11.3 Å². The molecule has 3 atom stereocenters. The Morgan fingerprint density at radius 1 is 1.29 bits per heavy atom. The third kappa shape index (κ3) is 1.18. The van der Waals surface area contributed by atoms with Crippen LogP contribution in [0.1, 0.15) is 18.4 Å². The highest BCUT2D eigenvalue weighted by molar-refractivity contribution is 5.90. The second kappa shape index (κ2) is 2.92. The Balaban J connectivity index is 1.69. The van der Waals surface area contributed by atoms with Gasteiger partial charge in [-0.15, -0.1) is 0 Å². The molecule has 14 heavy (non-hydrogen) atoms. The Hall–Kier alpha value is -1.15. The van der Waals surface area contributed by atoms with Crippen molar-refractivity contribution in [2.45, 2.75) is 31.5 Å². The van der Waals surface area contributed by atoms with Gasteiger partial charge < -0.3 is 0 Å². The van der Waals surface area contributed by atoms with Gasteiger partial charge in [-0.05, 0) is 12.0 Å². The van der Waals surface area contributed by atoms with Crippen molar-refractivity contribution in [1.29, 1.82) is 0 Å². The summed E-state index contributed by atoms with van der Waals surface area (Å²) in [6, 6.07) is 11.2. The van der Waals surface area contributed by atoms with Gasteiger partial charge in [-0.1, -0.05) is 30.3 Å². The maximum absolute atomic E-state index is 11.4. The molecule has 1 aliphatic heterocycles. The van der Waals surface area contributed by atoms with Crippen LogP contribution in [0.15, 0.2) is 30.3 Å². The molecule has 3 rings (SSSR count). The number of hydrogen-bond acceptors (Lipinski definition) is 2. The van der Waals surface area contributed by atoms with Gasteiger partial charge in [0.15, 0.2) is 5.78 Å². The molecule has 0 aromatic heterocycles. The van der Waals surface area contributed by atoms with Gasteiger partial charge in [-0.2, -0.15) is 0 Å². The van der Waals surface area contributed by atoms with Gasteiger partial charge in [-0.3, -0.25) is 9.69 Å². The minimum atomic E-state index is 0.273. The number of hydrogen-bond donors (Lipinski definition) is 0. The van der Waals surface area contributed by atoms with Crippen molar-refractivity contribution in [3.05, 3.63) is 35.9 Å². The average Bonchev–Trinajstić information content (AvgIpc) is 2.75. The molecule has 1 saturated carbocycles. The van der Waals surface area contributed by atoms with E-state index in [1.54, 1.807) is 0 Å². The fourth-order valence-electron chi connectivity index (χ4n) is 2.50. The molecule has 0 N–H and O–H groups in total. The summed E-state index contributed by atoms with van der Waals surface area (Å²) in [5.41, 5.74) is 1.31. The first kappa shape index (κ1) is 8.18. The normalized spacial score (nSPS) is 34.3. The first-order valence-corrected chi connectivity index (χ1v) is 5.18. The minimum Gasteiger partial charge on any atom is -0.298 e. The van der Waals surface area contributed by atoms with E-state index in [0.717, 1.165) is 19.4 Å². The Morgan fingerprint density at radius 2 is 2.07 bits per heavy atom. The van der Waals surface area contributed by atoms with Gasteiger partial charge in [0.25, 0.3) is 0 Å². The molecule has 1 aromatic carbocycles. The van der Waals surface area contributed by atoms with Crippen molar-refractivity contribution in [3.63, 3.8) is 0 Å². The first-order valence-electron chi connectivity index (χ1n) is 5.18. The van der Waals surface area contributed by atoms with Crippen LogP contribution in [0.5, 0.6) is 0 Å². The number of nitrogens with zero attached hydrogens (tertiary/aromatic N) is 1. The minimum absolute atomic E-state index is 0.273. The molecule has 0 amide bonds. The number of Topliss-reactive ketones (excluding diaryl/α,β-unsaturated/α-hetero) is 1. The number of rotatable bonds is 2. The largest absolute Gasteiger partial charge is 0.298 e. The van der Waals surface area contributed by atoms with Crippen LogP contribution in [0.3, 0.4) is 0 Å². The molecule has 2 heteroatoms. The van der Waals surface area contributed by atoms with Gasteiger partial charge in [0.2, 0.25) is 0 Å². The van der Waals surface area contributed by atoms with E-state index in [-0.39, 0.29) is 6.04 Å². The number of likely N-dealkylation sites (tertiary alicyclic amines) is 1. The summed E-state index contributed by atoms with van der Waals surface area (Å²) < 4.78 is 0. The van der Waals surface area contributed by atoms with Gasteiger partial charge in [-0.25, -0.2) is 0 Å². The topological polar surface area (TPSA) is 20.1 Å². The molecule has 0 radical (unpaired) electrons. The van der Waals surface area contributed by atoms with E-state index < -0.39 is 0 Å².